The number of thiazole rings is 1. The largest absolute Gasteiger partial charge is 0.468 e. The first-order chi connectivity index (χ1) is 12.5. The highest BCUT2D eigenvalue weighted by molar-refractivity contribution is 7.16. The summed E-state index contributed by atoms with van der Waals surface area (Å²) < 4.78 is 7.52. The third-order valence-corrected chi connectivity index (χ3v) is 5.15. The summed E-state index contributed by atoms with van der Waals surface area (Å²) in [7, 11) is 1.35. The Morgan fingerprint density at radius 3 is 2.54 bits per heavy atom. The van der Waals surface area contributed by atoms with E-state index in [-0.39, 0.29) is 18.4 Å². The van der Waals surface area contributed by atoms with E-state index in [1.807, 2.05) is 18.2 Å². The minimum Gasteiger partial charge on any atom is -0.468 e. The molecule has 3 aromatic rings. The maximum absolute atomic E-state index is 12.5. The Morgan fingerprint density at radius 1 is 1.15 bits per heavy atom. The van der Waals surface area contributed by atoms with Crippen molar-refractivity contribution in [1.82, 2.24) is 4.57 Å². The molecule has 0 N–H and O–H groups in total. The van der Waals surface area contributed by atoms with E-state index in [9.17, 15) is 9.59 Å². The number of hydrogen-bond acceptors (Lipinski definition) is 4. The summed E-state index contributed by atoms with van der Waals surface area (Å²) in [6.45, 7) is 4.27. The predicted octanol–water partition coefficient (Wildman–Crippen LogP) is 3.74. The van der Waals surface area contributed by atoms with Crippen molar-refractivity contribution in [3.63, 3.8) is 0 Å². The SMILES string of the molecule is COC(=O)Cn1c(=NC(=O)c2ccccc2)sc2cc(C(C)C)ccc21. The number of nitrogens with zero attached hydrogens (tertiary/aromatic N) is 2. The van der Waals surface area contributed by atoms with Crippen LogP contribution in [0.25, 0.3) is 10.2 Å². The van der Waals surface area contributed by atoms with Crippen LogP contribution in [-0.4, -0.2) is 23.6 Å². The first-order valence-electron chi connectivity index (χ1n) is 8.34. The number of amides is 1. The van der Waals surface area contributed by atoms with E-state index in [4.69, 9.17) is 4.74 Å². The third kappa shape index (κ3) is 3.75. The van der Waals surface area contributed by atoms with Crippen molar-refractivity contribution in [2.75, 3.05) is 7.11 Å². The van der Waals surface area contributed by atoms with Crippen LogP contribution in [0.5, 0.6) is 0 Å². The number of rotatable bonds is 4. The van der Waals surface area contributed by atoms with Crippen molar-refractivity contribution in [2.24, 2.45) is 4.99 Å². The fourth-order valence-electron chi connectivity index (χ4n) is 2.61. The van der Waals surface area contributed by atoms with Crippen molar-refractivity contribution >= 4 is 33.4 Å². The molecule has 134 valence electrons. The summed E-state index contributed by atoms with van der Waals surface area (Å²) in [6.07, 6.45) is 0. The van der Waals surface area contributed by atoms with Gasteiger partial charge in [0.15, 0.2) is 4.80 Å². The Kier molecular flexibility index (Phi) is 5.32. The van der Waals surface area contributed by atoms with E-state index in [0.717, 1.165) is 10.2 Å². The van der Waals surface area contributed by atoms with E-state index < -0.39 is 0 Å². The van der Waals surface area contributed by atoms with Crippen LogP contribution < -0.4 is 4.80 Å². The normalized spacial score (nSPS) is 11.9. The molecule has 0 radical (unpaired) electrons. The van der Waals surface area contributed by atoms with Gasteiger partial charge in [-0.3, -0.25) is 9.59 Å². The monoisotopic (exact) mass is 368 g/mol. The van der Waals surface area contributed by atoms with Gasteiger partial charge >= 0.3 is 5.97 Å². The molecule has 1 amide bonds. The molecule has 2 aromatic carbocycles. The first kappa shape index (κ1) is 18.1. The van der Waals surface area contributed by atoms with Crippen LogP contribution in [0.2, 0.25) is 0 Å². The Hall–Kier alpha value is -2.73. The van der Waals surface area contributed by atoms with E-state index in [1.165, 1.54) is 24.0 Å². The quantitative estimate of drug-likeness (QED) is 0.659. The zero-order chi connectivity index (χ0) is 18.7. The van der Waals surface area contributed by atoms with Gasteiger partial charge in [0.25, 0.3) is 5.91 Å². The number of aromatic nitrogens is 1. The van der Waals surface area contributed by atoms with Crippen LogP contribution in [0.1, 0.15) is 35.7 Å². The fourth-order valence-corrected chi connectivity index (χ4v) is 3.69. The maximum Gasteiger partial charge on any atom is 0.325 e. The summed E-state index contributed by atoms with van der Waals surface area (Å²) in [4.78, 5) is 29.1. The van der Waals surface area contributed by atoms with Crippen molar-refractivity contribution in [1.29, 1.82) is 0 Å². The standard InChI is InChI=1S/C20H20N2O3S/c1-13(2)15-9-10-16-17(11-15)26-20(22(16)12-18(23)25-3)21-19(24)14-7-5-4-6-8-14/h4-11,13H,12H2,1-3H3. The van der Waals surface area contributed by atoms with Gasteiger partial charge in [-0.15, -0.1) is 0 Å². The van der Waals surface area contributed by atoms with E-state index in [2.05, 4.69) is 24.9 Å². The lowest BCUT2D eigenvalue weighted by molar-refractivity contribution is -0.141. The van der Waals surface area contributed by atoms with Crippen molar-refractivity contribution in [3.8, 4) is 0 Å². The van der Waals surface area contributed by atoms with Crippen molar-refractivity contribution in [2.45, 2.75) is 26.3 Å². The van der Waals surface area contributed by atoms with Crippen LogP contribution in [0.3, 0.4) is 0 Å². The Bertz CT molecular complexity index is 1020. The zero-order valence-corrected chi connectivity index (χ0v) is 15.7. The lowest BCUT2D eigenvalue weighted by atomic mass is 10.0. The average Bonchev–Trinajstić information content (AvgIpc) is 2.98. The second-order valence-corrected chi connectivity index (χ2v) is 7.22. The topological polar surface area (TPSA) is 60.7 Å². The average molecular weight is 368 g/mol. The molecule has 1 aromatic heterocycles. The molecule has 0 fully saturated rings. The maximum atomic E-state index is 12.5. The number of ether oxygens (including phenoxy) is 1. The smallest absolute Gasteiger partial charge is 0.325 e. The van der Waals surface area contributed by atoms with Gasteiger partial charge in [-0.25, -0.2) is 0 Å². The first-order valence-corrected chi connectivity index (χ1v) is 9.15. The summed E-state index contributed by atoms with van der Waals surface area (Å²) in [5, 5.41) is 0. The van der Waals surface area contributed by atoms with Gasteiger partial charge in [0.2, 0.25) is 0 Å². The number of benzene rings is 2. The molecule has 0 saturated heterocycles. The number of fused-ring (bicyclic) bond motifs is 1. The van der Waals surface area contributed by atoms with Gasteiger partial charge in [0.1, 0.15) is 6.54 Å². The Labute approximate surface area is 155 Å². The van der Waals surface area contributed by atoms with Gasteiger partial charge in [0.05, 0.1) is 17.3 Å². The highest BCUT2D eigenvalue weighted by atomic mass is 32.1. The number of esters is 1. The second-order valence-electron chi connectivity index (χ2n) is 6.21. The molecule has 0 aliphatic rings. The van der Waals surface area contributed by atoms with Crippen molar-refractivity contribution < 1.29 is 14.3 Å². The predicted molar refractivity (Wildman–Crippen MR) is 102 cm³/mol. The molecule has 3 rings (SSSR count). The number of carbonyl (C=O) groups excluding carboxylic acids is 2. The van der Waals surface area contributed by atoms with E-state index in [1.54, 1.807) is 28.8 Å². The zero-order valence-electron chi connectivity index (χ0n) is 14.9. The molecule has 5 nitrogen and oxygen atoms in total. The molecule has 0 bridgehead atoms. The molecule has 0 spiro atoms. The molecule has 0 unspecified atom stereocenters. The lowest BCUT2D eigenvalue weighted by Gasteiger charge is -2.06. The van der Waals surface area contributed by atoms with Gasteiger partial charge in [-0.2, -0.15) is 4.99 Å². The molecule has 0 atom stereocenters. The summed E-state index contributed by atoms with van der Waals surface area (Å²) in [5.74, 6) is -0.326. The Morgan fingerprint density at radius 2 is 1.88 bits per heavy atom. The van der Waals surface area contributed by atoms with Crippen LogP contribution in [-0.2, 0) is 16.1 Å². The van der Waals surface area contributed by atoms with Gasteiger partial charge in [-0.1, -0.05) is 49.4 Å². The number of methoxy groups -OCH3 is 1. The lowest BCUT2D eigenvalue weighted by Crippen LogP contribution is -2.22. The van der Waals surface area contributed by atoms with Gasteiger partial charge < -0.3 is 9.30 Å². The highest BCUT2D eigenvalue weighted by Crippen LogP contribution is 2.23. The minimum absolute atomic E-state index is 0.0123. The summed E-state index contributed by atoms with van der Waals surface area (Å²) in [6, 6.07) is 15.0. The van der Waals surface area contributed by atoms with Gasteiger partial charge in [0, 0.05) is 5.56 Å². The summed E-state index contributed by atoms with van der Waals surface area (Å²) >= 11 is 1.40. The molecule has 0 aliphatic heterocycles. The van der Waals surface area contributed by atoms with E-state index in [0.29, 0.717) is 16.3 Å². The fraction of sp³-hybridized carbons (Fsp3) is 0.250. The second kappa shape index (κ2) is 7.66. The Balaban J connectivity index is 2.15. The molecule has 0 saturated carbocycles. The van der Waals surface area contributed by atoms with E-state index >= 15 is 0 Å². The molecular weight excluding hydrogens is 348 g/mol. The van der Waals surface area contributed by atoms with Crippen LogP contribution >= 0.6 is 11.3 Å². The molecule has 26 heavy (non-hydrogen) atoms. The van der Waals surface area contributed by atoms with Crippen LogP contribution in [0.15, 0.2) is 53.5 Å². The number of carbonyl (C=O) groups is 2. The molecule has 1 heterocycles. The molecular formula is C20H20N2O3S. The van der Waals surface area contributed by atoms with Crippen LogP contribution in [0, 0.1) is 0 Å². The summed E-state index contributed by atoms with van der Waals surface area (Å²) in [5.41, 5.74) is 2.58. The van der Waals surface area contributed by atoms with Crippen molar-refractivity contribution in [3.05, 3.63) is 64.5 Å². The van der Waals surface area contributed by atoms with Crippen LogP contribution in [0.4, 0.5) is 0 Å². The molecule has 0 aliphatic carbocycles. The van der Waals surface area contributed by atoms with Gasteiger partial charge in [-0.05, 0) is 35.7 Å². The minimum atomic E-state index is -0.383. The molecule has 6 heteroatoms. The third-order valence-electron chi connectivity index (χ3n) is 4.11. The number of hydrogen-bond donors (Lipinski definition) is 0. The highest BCUT2D eigenvalue weighted by Gasteiger charge is 2.13.